The standard InChI is InChI=1S/C9H8N2O3/c1-6-2-8(11(12)13)3-7-4-14-5-10-9(6)7/h2-4H,5H2,1H3. The number of non-ortho nitro benzene ring substituents is 1. The molecule has 1 aromatic carbocycles. The highest BCUT2D eigenvalue weighted by molar-refractivity contribution is 5.37. The van der Waals surface area contributed by atoms with Crippen LogP contribution in [0.2, 0.25) is 0 Å². The molecule has 0 aliphatic carbocycles. The smallest absolute Gasteiger partial charge is 0.270 e. The first-order valence-corrected chi connectivity index (χ1v) is 4.10. The Labute approximate surface area is 79.5 Å². The van der Waals surface area contributed by atoms with Crippen molar-refractivity contribution in [3.05, 3.63) is 38.4 Å². The number of fused-ring (bicyclic) bond motifs is 1. The minimum Gasteiger partial charge on any atom is -0.478 e. The highest BCUT2D eigenvalue weighted by Crippen LogP contribution is 2.07. The van der Waals surface area contributed by atoms with Gasteiger partial charge in [0.15, 0.2) is 6.73 Å². The summed E-state index contributed by atoms with van der Waals surface area (Å²) in [6, 6.07) is 2.98. The van der Waals surface area contributed by atoms with E-state index >= 15 is 0 Å². The molecular weight excluding hydrogens is 184 g/mol. The fourth-order valence-corrected chi connectivity index (χ4v) is 1.43. The van der Waals surface area contributed by atoms with Crippen LogP contribution in [0.3, 0.4) is 0 Å². The van der Waals surface area contributed by atoms with Crippen LogP contribution in [0.5, 0.6) is 0 Å². The first kappa shape index (κ1) is 8.68. The van der Waals surface area contributed by atoms with E-state index in [4.69, 9.17) is 4.74 Å². The minimum atomic E-state index is -0.421. The third kappa shape index (κ3) is 1.32. The third-order valence-corrected chi connectivity index (χ3v) is 2.03. The predicted molar refractivity (Wildman–Crippen MR) is 49.0 cm³/mol. The number of nitro benzene ring substituents is 1. The number of hydrogen-bond acceptors (Lipinski definition) is 4. The Balaban J connectivity index is 2.77. The maximum atomic E-state index is 10.6. The molecule has 0 saturated carbocycles. The maximum absolute atomic E-state index is 10.6. The zero-order valence-electron chi connectivity index (χ0n) is 7.56. The van der Waals surface area contributed by atoms with Gasteiger partial charge in [-0.15, -0.1) is 0 Å². The van der Waals surface area contributed by atoms with Gasteiger partial charge in [-0.05, 0) is 12.5 Å². The van der Waals surface area contributed by atoms with Crippen molar-refractivity contribution >= 4 is 11.9 Å². The number of hydrogen-bond donors (Lipinski definition) is 0. The van der Waals surface area contributed by atoms with E-state index in [1.165, 1.54) is 18.4 Å². The van der Waals surface area contributed by atoms with Crippen LogP contribution in [0.15, 0.2) is 17.1 Å². The third-order valence-electron chi connectivity index (χ3n) is 2.03. The van der Waals surface area contributed by atoms with Crippen molar-refractivity contribution in [3.8, 4) is 0 Å². The molecule has 0 bridgehead atoms. The normalized spacial score (nSPS) is 13.2. The van der Waals surface area contributed by atoms with Crippen LogP contribution in [0.4, 0.5) is 5.69 Å². The Morgan fingerprint density at radius 2 is 2.36 bits per heavy atom. The summed E-state index contributed by atoms with van der Waals surface area (Å²) in [5.74, 6) is 0. The van der Waals surface area contributed by atoms with Gasteiger partial charge in [0, 0.05) is 17.4 Å². The average Bonchev–Trinajstić information content (AvgIpc) is 2.17. The molecule has 0 N–H and O–H groups in total. The van der Waals surface area contributed by atoms with E-state index in [0.717, 1.165) is 10.9 Å². The molecule has 1 heterocycles. The molecule has 0 unspecified atom stereocenters. The van der Waals surface area contributed by atoms with Crippen molar-refractivity contribution < 1.29 is 9.66 Å². The van der Waals surface area contributed by atoms with Gasteiger partial charge < -0.3 is 4.74 Å². The quantitative estimate of drug-likeness (QED) is 0.473. The molecule has 5 heteroatoms. The molecule has 5 nitrogen and oxygen atoms in total. The highest BCUT2D eigenvalue weighted by atomic mass is 16.6. The molecule has 2 rings (SSSR count). The number of nitrogens with zero attached hydrogens (tertiary/aromatic N) is 2. The van der Waals surface area contributed by atoms with Crippen LogP contribution >= 0.6 is 0 Å². The first-order chi connectivity index (χ1) is 6.68. The minimum absolute atomic E-state index is 0.0678. The van der Waals surface area contributed by atoms with Gasteiger partial charge in [0.1, 0.15) is 0 Å². The highest BCUT2D eigenvalue weighted by Gasteiger charge is 2.09. The van der Waals surface area contributed by atoms with Gasteiger partial charge in [-0.1, -0.05) is 0 Å². The van der Waals surface area contributed by atoms with Gasteiger partial charge in [-0.25, -0.2) is 4.99 Å². The molecule has 1 aromatic rings. The maximum Gasteiger partial charge on any atom is 0.270 e. The summed E-state index contributed by atoms with van der Waals surface area (Å²) < 4.78 is 4.97. The fraction of sp³-hybridized carbons (Fsp3) is 0.222. The van der Waals surface area contributed by atoms with Crippen LogP contribution in [-0.2, 0) is 4.74 Å². The van der Waals surface area contributed by atoms with Crippen molar-refractivity contribution in [2.24, 2.45) is 4.99 Å². The van der Waals surface area contributed by atoms with E-state index in [1.807, 2.05) is 0 Å². The monoisotopic (exact) mass is 192 g/mol. The summed E-state index contributed by atoms with van der Waals surface area (Å²) >= 11 is 0. The van der Waals surface area contributed by atoms with Crippen molar-refractivity contribution in [2.75, 3.05) is 6.73 Å². The SMILES string of the molecule is Cc1cc([N+](=O)[O-])cc2c1=NCOC=2. The summed E-state index contributed by atoms with van der Waals surface area (Å²) in [4.78, 5) is 14.3. The Hall–Kier alpha value is -1.91. The predicted octanol–water partition coefficient (Wildman–Crippen LogP) is 0.249. The number of nitro groups is 1. The van der Waals surface area contributed by atoms with Crippen LogP contribution in [0, 0.1) is 17.0 Å². The van der Waals surface area contributed by atoms with Crippen molar-refractivity contribution in [3.63, 3.8) is 0 Å². The van der Waals surface area contributed by atoms with Gasteiger partial charge >= 0.3 is 0 Å². The van der Waals surface area contributed by atoms with E-state index in [2.05, 4.69) is 4.99 Å². The summed E-state index contributed by atoms with van der Waals surface area (Å²) in [6.07, 6.45) is 1.50. The number of aryl methyl sites for hydroxylation is 1. The Morgan fingerprint density at radius 1 is 1.57 bits per heavy atom. The lowest BCUT2D eigenvalue weighted by molar-refractivity contribution is -0.385. The lowest BCUT2D eigenvalue weighted by Crippen LogP contribution is -2.31. The molecule has 0 radical (unpaired) electrons. The molecule has 0 atom stereocenters. The Bertz CT molecular complexity index is 508. The zero-order valence-corrected chi connectivity index (χ0v) is 7.56. The Morgan fingerprint density at radius 3 is 3.07 bits per heavy atom. The van der Waals surface area contributed by atoms with E-state index in [0.29, 0.717) is 5.22 Å². The summed E-state index contributed by atoms with van der Waals surface area (Å²) in [7, 11) is 0. The molecule has 0 spiro atoms. The van der Waals surface area contributed by atoms with E-state index < -0.39 is 4.92 Å². The molecule has 0 aromatic heterocycles. The summed E-state index contributed by atoms with van der Waals surface area (Å²) in [5, 5.41) is 12.0. The van der Waals surface area contributed by atoms with Crippen molar-refractivity contribution in [2.45, 2.75) is 6.92 Å². The molecular formula is C9H8N2O3. The van der Waals surface area contributed by atoms with Crippen LogP contribution in [0.1, 0.15) is 5.56 Å². The average molecular weight is 192 g/mol. The number of benzene rings is 1. The van der Waals surface area contributed by atoms with E-state index in [9.17, 15) is 10.1 Å². The van der Waals surface area contributed by atoms with Gasteiger partial charge in [0.05, 0.1) is 16.5 Å². The molecule has 72 valence electrons. The van der Waals surface area contributed by atoms with Gasteiger partial charge in [-0.3, -0.25) is 10.1 Å². The van der Waals surface area contributed by atoms with Crippen LogP contribution in [0.25, 0.3) is 6.26 Å². The van der Waals surface area contributed by atoms with Gasteiger partial charge in [0.25, 0.3) is 5.69 Å². The zero-order chi connectivity index (χ0) is 10.1. The van der Waals surface area contributed by atoms with Gasteiger partial charge in [0.2, 0.25) is 0 Å². The molecule has 0 saturated heterocycles. The molecule has 1 aliphatic heterocycles. The van der Waals surface area contributed by atoms with Crippen LogP contribution in [-0.4, -0.2) is 11.7 Å². The molecule has 14 heavy (non-hydrogen) atoms. The second-order valence-electron chi connectivity index (χ2n) is 3.03. The number of ether oxygens (including phenoxy) is 1. The second kappa shape index (κ2) is 3.10. The Kier molecular flexibility index (Phi) is 1.92. The lowest BCUT2D eigenvalue weighted by atomic mass is 10.1. The van der Waals surface area contributed by atoms with E-state index in [-0.39, 0.29) is 12.4 Å². The molecule has 1 aliphatic rings. The van der Waals surface area contributed by atoms with E-state index in [1.54, 1.807) is 6.92 Å². The molecule has 0 amide bonds. The summed E-state index contributed by atoms with van der Waals surface area (Å²) in [6.45, 7) is 2.08. The van der Waals surface area contributed by atoms with Crippen LogP contribution < -0.4 is 10.6 Å². The van der Waals surface area contributed by atoms with Gasteiger partial charge in [-0.2, -0.15) is 0 Å². The number of rotatable bonds is 1. The first-order valence-electron chi connectivity index (χ1n) is 4.10. The topological polar surface area (TPSA) is 64.7 Å². The lowest BCUT2D eigenvalue weighted by Gasteiger charge is -2.03. The molecule has 0 fully saturated rings. The van der Waals surface area contributed by atoms with Crippen molar-refractivity contribution in [1.82, 2.24) is 0 Å². The fourth-order valence-electron chi connectivity index (χ4n) is 1.43. The second-order valence-corrected chi connectivity index (χ2v) is 3.03. The summed E-state index contributed by atoms with van der Waals surface area (Å²) in [5.41, 5.74) is 0.868. The largest absolute Gasteiger partial charge is 0.478 e. The van der Waals surface area contributed by atoms with Crippen molar-refractivity contribution in [1.29, 1.82) is 0 Å².